The molecule has 22 heavy (non-hydrogen) atoms. The van der Waals surface area contributed by atoms with Crippen molar-refractivity contribution in [2.75, 3.05) is 13.6 Å². The standard InChI is InChI=1S/C14H21N5S2.HI/c1-5-15-14(17-7-13-16-6-10(2)21-13)19(4)8-12-9-20-11(3)18-12;/h6,9H,5,7-8H2,1-4H3,(H,15,17);1H. The molecule has 0 fully saturated rings. The predicted molar refractivity (Wildman–Crippen MR) is 105 cm³/mol. The van der Waals surface area contributed by atoms with E-state index in [2.05, 4.69) is 44.4 Å². The van der Waals surface area contributed by atoms with E-state index in [1.54, 1.807) is 22.7 Å². The second kappa shape index (κ2) is 9.41. The van der Waals surface area contributed by atoms with E-state index in [1.165, 1.54) is 4.88 Å². The van der Waals surface area contributed by atoms with Gasteiger partial charge in [-0.25, -0.2) is 15.0 Å². The van der Waals surface area contributed by atoms with Gasteiger partial charge in [0, 0.05) is 30.0 Å². The van der Waals surface area contributed by atoms with E-state index in [4.69, 9.17) is 0 Å². The van der Waals surface area contributed by atoms with Crippen molar-refractivity contribution in [3.05, 3.63) is 32.2 Å². The van der Waals surface area contributed by atoms with Gasteiger partial charge in [0.1, 0.15) is 5.01 Å². The molecule has 2 heterocycles. The first-order valence-corrected chi connectivity index (χ1v) is 8.60. The molecule has 1 N–H and O–H groups in total. The zero-order valence-electron chi connectivity index (χ0n) is 13.3. The van der Waals surface area contributed by atoms with Crippen molar-refractivity contribution in [2.45, 2.75) is 33.9 Å². The quantitative estimate of drug-likeness (QED) is 0.430. The molecular weight excluding hydrogens is 429 g/mol. The molecule has 0 aliphatic carbocycles. The second-order valence-corrected chi connectivity index (χ2v) is 7.13. The minimum atomic E-state index is 0. The van der Waals surface area contributed by atoms with Crippen molar-refractivity contribution in [3.8, 4) is 0 Å². The number of aryl methyl sites for hydroxylation is 2. The Hall–Kier alpha value is -0.740. The van der Waals surface area contributed by atoms with Gasteiger partial charge in [-0.2, -0.15) is 0 Å². The van der Waals surface area contributed by atoms with Crippen LogP contribution >= 0.6 is 46.7 Å². The Kier molecular flexibility index (Phi) is 8.26. The molecule has 2 aromatic rings. The van der Waals surface area contributed by atoms with Crippen LogP contribution < -0.4 is 5.32 Å². The highest BCUT2D eigenvalue weighted by molar-refractivity contribution is 14.0. The summed E-state index contributed by atoms with van der Waals surface area (Å²) in [5.74, 6) is 0.885. The topological polar surface area (TPSA) is 53.4 Å². The number of nitrogens with one attached hydrogen (secondary N) is 1. The Morgan fingerprint density at radius 1 is 1.41 bits per heavy atom. The Balaban J connectivity index is 0.00000242. The zero-order valence-corrected chi connectivity index (χ0v) is 17.3. The van der Waals surface area contributed by atoms with E-state index in [9.17, 15) is 0 Å². The maximum Gasteiger partial charge on any atom is 0.194 e. The number of aliphatic imine (C=N–C) groups is 1. The number of halogens is 1. The van der Waals surface area contributed by atoms with Crippen LogP contribution in [0.2, 0.25) is 0 Å². The van der Waals surface area contributed by atoms with Gasteiger partial charge in [0.15, 0.2) is 5.96 Å². The van der Waals surface area contributed by atoms with E-state index < -0.39 is 0 Å². The summed E-state index contributed by atoms with van der Waals surface area (Å²) in [6.07, 6.45) is 1.89. The Morgan fingerprint density at radius 2 is 2.18 bits per heavy atom. The van der Waals surface area contributed by atoms with E-state index in [-0.39, 0.29) is 24.0 Å². The molecule has 0 bridgehead atoms. The van der Waals surface area contributed by atoms with Crippen molar-refractivity contribution in [1.82, 2.24) is 20.2 Å². The van der Waals surface area contributed by atoms with Crippen LogP contribution in [-0.2, 0) is 13.1 Å². The highest BCUT2D eigenvalue weighted by Gasteiger charge is 2.09. The lowest BCUT2D eigenvalue weighted by molar-refractivity contribution is 0.470. The molecule has 122 valence electrons. The minimum Gasteiger partial charge on any atom is -0.357 e. The van der Waals surface area contributed by atoms with Crippen LogP contribution in [-0.4, -0.2) is 34.4 Å². The lowest BCUT2D eigenvalue weighted by atomic mass is 10.4. The van der Waals surface area contributed by atoms with Gasteiger partial charge >= 0.3 is 0 Å². The molecule has 0 aliphatic rings. The first kappa shape index (κ1) is 19.3. The van der Waals surface area contributed by atoms with E-state index >= 15 is 0 Å². The molecule has 0 spiro atoms. The lowest BCUT2D eigenvalue weighted by Gasteiger charge is -2.20. The third-order valence-electron chi connectivity index (χ3n) is 2.80. The SMILES string of the molecule is CCNC(=NCc1ncc(C)s1)N(C)Cc1csc(C)n1.I. The van der Waals surface area contributed by atoms with Gasteiger partial charge in [0.05, 0.1) is 23.8 Å². The van der Waals surface area contributed by atoms with E-state index in [1.807, 2.05) is 20.2 Å². The molecule has 0 amide bonds. The van der Waals surface area contributed by atoms with E-state index in [0.29, 0.717) is 6.54 Å². The van der Waals surface area contributed by atoms with Crippen molar-refractivity contribution in [2.24, 2.45) is 4.99 Å². The van der Waals surface area contributed by atoms with Crippen LogP contribution in [0.5, 0.6) is 0 Å². The third kappa shape index (κ3) is 5.81. The van der Waals surface area contributed by atoms with Crippen molar-refractivity contribution in [1.29, 1.82) is 0 Å². The first-order chi connectivity index (χ1) is 10.1. The fourth-order valence-corrected chi connectivity index (χ4v) is 3.20. The maximum absolute atomic E-state index is 4.65. The zero-order chi connectivity index (χ0) is 15.2. The van der Waals surface area contributed by atoms with Crippen LogP contribution in [0, 0.1) is 13.8 Å². The summed E-state index contributed by atoms with van der Waals surface area (Å²) in [4.78, 5) is 16.8. The number of thiazole rings is 2. The highest BCUT2D eigenvalue weighted by atomic mass is 127. The predicted octanol–water partition coefficient (Wildman–Crippen LogP) is 3.43. The van der Waals surface area contributed by atoms with Crippen LogP contribution in [0.25, 0.3) is 0 Å². The van der Waals surface area contributed by atoms with Crippen LogP contribution in [0.1, 0.15) is 27.5 Å². The Bertz CT molecular complexity index is 608. The molecule has 0 saturated carbocycles. The molecule has 8 heteroatoms. The molecule has 2 rings (SSSR count). The van der Waals surface area contributed by atoms with Gasteiger partial charge < -0.3 is 10.2 Å². The van der Waals surface area contributed by atoms with Crippen LogP contribution in [0.15, 0.2) is 16.6 Å². The van der Waals surface area contributed by atoms with Gasteiger partial charge in [0.25, 0.3) is 0 Å². The monoisotopic (exact) mass is 451 g/mol. The molecule has 0 unspecified atom stereocenters. The molecular formula is C14H22IN5S2. The van der Waals surface area contributed by atoms with Gasteiger partial charge in [-0.1, -0.05) is 0 Å². The average molecular weight is 451 g/mol. The number of hydrogen-bond acceptors (Lipinski definition) is 5. The van der Waals surface area contributed by atoms with Gasteiger partial charge in [-0.3, -0.25) is 0 Å². The van der Waals surface area contributed by atoms with E-state index in [0.717, 1.165) is 34.8 Å². The number of rotatable bonds is 5. The van der Waals surface area contributed by atoms with Gasteiger partial charge in [-0.05, 0) is 20.8 Å². The maximum atomic E-state index is 4.65. The Morgan fingerprint density at radius 3 is 2.73 bits per heavy atom. The largest absolute Gasteiger partial charge is 0.357 e. The van der Waals surface area contributed by atoms with Crippen molar-refractivity contribution in [3.63, 3.8) is 0 Å². The highest BCUT2D eigenvalue weighted by Crippen LogP contribution is 2.13. The smallest absolute Gasteiger partial charge is 0.194 e. The molecule has 0 aromatic carbocycles. The summed E-state index contributed by atoms with van der Waals surface area (Å²) < 4.78 is 0. The Labute approximate surface area is 156 Å². The number of hydrogen-bond donors (Lipinski definition) is 1. The normalized spacial score (nSPS) is 11.2. The van der Waals surface area contributed by atoms with Gasteiger partial charge in [0.2, 0.25) is 0 Å². The summed E-state index contributed by atoms with van der Waals surface area (Å²) in [5, 5.41) is 7.55. The van der Waals surface area contributed by atoms with Crippen molar-refractivity contribution >= 4 is 52.6 Å². The van der Waals surface area contributed by atoms with Crippen LogP contribution in [0.4, 0.5) is 0 Å². The molecule has 0 atom stereocenters. The first-order valence-electron chi connectivity index (χ1n) is 6.90. The summed E-state index contributed by atoms with van der Waals surface area (Å²) >= 11 is 3.37. The molecule has 2 aromatic heterocycles. The number of nitrogens with zero attached hydrogens (tertiary/aromatic N) is 4. The summed E-state index contributed by atoms with van der Waals surface area (Å²) in [6, 6.07) is 0. The fourth-order valence-electron chi connectivity index (χ4n) is 1.89. The second-order valence-electron chi connectivity index (χ2n) is 4.75. The van der Waals surface area contributed by atoms with Gasteiger partial charge in [-0.15, -0.1) is 46.7 Å². The summed E-state index contributed by atoms with van der Waals surface area (Å²) in [5.41, 5.74) is 1.08. The number of guanidine groups is 1. The molecule has 0 aliphatic heterocycles. The van der Waals surface area contributed by atoms with Crippen molar-refractivity contribution < 1.29 is 0 Å². The molecule has 5 nitrogen and oxygen atoms in total. The fraction of sp³-hybridized carbons (Fsp3) is 0.500. The third-order valence-corrected chi connectivity index (χ3v) is 4.52. The number of aromatic nitrogens is 2. The average Bonchev–Trinajstić information content (AvgIpc) is 3.03. The summed E-state index contributed by atoms with van der Waals surface area (Å²) in [6.45, 7) is 8.37. The molecule has 0 radical (unpaired) electrons. The lowest BCUT2D eigenvalue weighted by Crippen LogP contribution is -2.38. The van der Waals surface area contributed by atoms with Crippen LogP contribution in [0.3, 0.4) is 0 Å². The minimum absolute atomic E-state index is 0. The summed E-state index contributed by atoms with van der Waals surface area (Å²) in [7, 11) is 2.03. The molecule has 0 saturated heterocycles.